The summed E-state index contributed by atoms with van der Waals surface area (Å²) in [5.74, 6) is 0.915. The monoisotopic (exact) mass is 296 g/mol. The molecule has 0 bridgehead atoms. The van der Waals surface area contributed by atoms with Gasteiger partial charge in [0.15, 0.2) is 0 Å². The quantitative estimate of drug-likeness (QED) is 0.215. The lowest BCUT2D eigenvalue weighted by atomic mass is 9.97. The third-order valence-electron chi connectivity index (χ3n) is 4.18. The molecule has 0 aromatic rings. The molecule has 0 saturated heterocycles. The molecule has 126 valence electrons. The Morgan fingerprint density at radius 2 is 1.43 bits per heavy atom. The molecule has 0 aromatic heterocycles. The second-order valence-electron chi connectivity index (χ2n) is 6.54. The lowest BCUT2D eigenvalue weighted by Crippen LogP contribution is -1.94. The van der Waals surface area contributed by atoms with Crippen molar-refractivity contribution in [2.45, 2.75) is 104 Å². The van der Waals surface area contributed by atoms with Gasteiger partial charge in [0.1, 0.15) is 0 Å². The maximum Gasteiger partial charge on any atom is 0.0873 e. The van der Waals surface area contributed by atoms with E-state index in [1.807, 2.05) is 6.26 Å². The van der Waals surface area contributed by atoms with E-state index in [4.69, 9.17) is 4.74 Å². The van der Waals surface area contributed by atoms with Crippen molar-refractivity contribution in [2.75, 3.05) is 6.61 Å². The summed E-state index contributed by atoms with van der Waals surface area (Å²) in [6.45, 7) is 7.84. The minimum Gasteiger partial charge on any atom is -0.502 e. The predicted octanol–water partition coefficient (Wildman–Crippen LogP) is 7.26. The van der Waals surface area contributed by atoms with Crippen molar-refractivity contribution in [1.82, 2.24) is 0 Å². The van der Waals surface area contributed by atoms with Gasteiger partial charge in [-0.3, -0.25) is 0 Å². The highest BCUT2D eigenvalue weighted by molar-refractivity contribution is 4.73. The van der Waals surface area contributed by atoms with Crippen LogP contribution in [0.2, 0.25) is 0 Å². The highest BCUT2D eigenvalue weighted by atomic mass is 16.5. The maximum atomic E-state index is 5.54. The molecule has 0 heterocycles. The number of unbranched alkanes of at least 4 members (excludes halogenated alkanes) is 8. The number of allylic oxidation sites excluding steroid dienone is 1. The molecule has 0 spiro atoms. The Morgan fingerprint density at radius 1 is 0.762 bits per heavy atom. The Bertz CT molecular complexity index is 210. The van der Waals surface area contributed by atoms with Gasteiger partial charge in [0.05, 0.1) is 12.9 Å². The SMILES string of the molecule is CCCCCCCCO/C=C/CCCCC(C)CCCC. The van der Waals surface area contributed by atoms with Gasteiger partial charge in [-0.1, -0.05) is 85.0 Å². The molecule has 0 amide bonds. The van der Waals surface area contributed by atoms with Crippen LogP contribution in [0.15, 0.2) is 12.3 Å². The topological polar surface area (TPSA) is 9.23 Å². The van der Waals surface area contributed by atoms with E-state index in [0.29, 0.717) is 0 Å². The molecule has 0 N–H and O–H groups in total. The van der Waals surface area contributed by atoms with Gasteiger partial charge in [0, 0.05) is 0 Å². The summed E-state index contributed by atoms with van der Waals surface area (Å²) in [5.41, 5.74) is 0. The molecule has 1 atom stereocenters. The molecule has 1 unspecified atom stereocenters. The van der Waals surface area contributed by atoms with Gasteiger partial charge in [-0.05, 0) is 31.3 Å². The van der Waals surface area contributed by atoms with Gasteiger partial charge >= 0.3 is 0 Å². The minimum atomic E-state index is 0.899. The summed E-state index contributed by atoms with van der Waals surface area (Å²) in [6.07, 6.45) is 21.5. The smallest absolute Gasteiger partial charge is 0.0873 e. The van der Waals surface area contributed by atoms with Gasteiger partial charge in [0.25, 0.3) is 0 Å². The molecule has 0 aliphatic rings. The zero-order valence-electron chi connectivity index (χ0n) is 15.0. The molecule has 0 rings (SSSR count). The molecule has 0 fully saturated rings. The molecule has 0 saturated carbocycles. The second kappa shape index (κ2) is 17.6. The van der Waals surface area contributed by atoms with E-state index >= 15 is 0 Å². The molecular formula is C20H40O. The zero-order chi connectivity index (χ0) is 15.6. The van der Waals surface area contributed by atoms with E-state index < -0.39 is 0 Å². The van der Waals surface area contributed by atoms with Crippen LogP contribution in [0.25, 0.3) is 0 Å². The fourth-order valence-electron chi connectivity index (χ4n) is 2.62. The minimum absolute atomic E-state index is 0.899. The van der Waals surface area contributed by atoms with Gasteiger partial charge < -0.3 is 4.74 Å². The largest absolute Gasteiger partial charge is 0.502 e. The summed E-state index contributed by atoms with van der Waals surface area (Å²) < 4.78 is 5.54. The Kier molecular flexibility index (Phi) is 17.2. The molecule has 21 heavy (non-hydrogen) atoms. The third kappa shape index (κ3) is 17.5. The maximum absolute atomic E-state index is 5.54. The Labute approximate surface area is 134 Å². The number of ether oxygens (including phenoxy) is 1. The summed E-state index contributed by atoms with van der Waals surface area (Å²) in [6, 6.07) is 0. The highest BCUT2D eigenvalue weighted by Gasteiger charge is 2.00. The molecule has 0 radical (unpaired) electrons. The van der Waals surface area contributed by atoms with E-state index in [1.54, 1.807) is 0 Å². The van der Waals surface area contributed by atoms with E-state index in [0.717, 1.165) is 12.5 Å². The standard InChI is InChI=1S/C20H40O/c1-4-6-8-9-11-14-18-21-19-15-12-10-13-17-20(3)16-7-5-2/h15,19-20H,4-14,16-18H2,1-3H3/b19-15+. The second-order valence-corrected chi connectivity index (χ2v) is 6.54. The first-order valence-electron chi connectivity index (χ1n) is 9.57. The average molecular weight is 297 g/mol. The summed E-state index contributed by atoms with van der Waals surface area (Å²) in [5, 5.41) is 0. The van der Waals surface area contributed by atoms with Crippen LogP contribution in [0, 0.1) is 5.92 Å². The van der Waals surface area contributed by atoms with Crippen LogP contribution in [0.5, 0.6) is 0 Å². The number of rotatable bonds is 16. The molecular weight excluding hydrogens is 256 g/mol. The van der Waals surface area contributed by atoms with Crippen molar-refractivity contribution in [2.24, 2.45) is 5.92 Å². The fraction of sp³-hybridized carbons (Fsp3) is 0.900. The Balaban J connectivity index is 3.15. The first-order valence-corrected chi connectivity index (χ1v) is 9.57. The summed E-state index contributed by atoms with van der Waals surface area (Å²) >= 11 is 0. The van der Waals surface area contributed by atoms with Gasteiger partial charge in [-0.15, -0.1) is 0 Å². The van der Waals surface area contributed by atoms with Crippen molar-refractivity contribution >= 4 is 0 Å². The lowest BCUT2D eigenvalue weighted by Gasteiger charge is -2.09. The number of hydrogen-bond acceptors (Lipinski definition) is 1. The third-order valence-corrected chi connectivity index (χ3v) is 4.18. The zero-order valence-corrected chi connectivity index (χ0v) is 15.0. The van der Waals surface area contributed by atoms with E-state index in [9.17, 15) is 0 Å². The molecule has 0 aromatic carbocycles. The average Bonchev–Trinajstić information content (AvgIpc) is 2.49. The number of hydrogen-bond donors (Lipinski definition) is 0. The van der Waals surface area contributed by atoms with Crippen molar-refractivity contribution in [1.29, 1.82) is 0 Å². The fourth-order valence-corrected chi connectivity index (χ4v) is 2.62. The Morgan fingerprint density at radius 3 is 2.19 bits per heavy atom. The van der Waals surface area contributed by atoms with Crippen LogP contribution in [-0.4, -0.2) is 6.61 Å². The van der Waals surface area contributed by atoms with Crippen molar-refractivity contribution < 1.29 is 4.74 Å². The van der Waals surface area contributed by atoms with Crippen LogP contribution in [-0.2, 0) is 4.74 Å². The molecule has 1 heteroatoms. The Hall–Kier alpha value is -0.460. The predicted molar refractivity (Wildman–Crippen MR) is 95.6 cm³/mol. The van der Waals surface area contributed by atoms with Crippen molar-refractivity contribution in [3.63, 3.8) is 0 Å². The van der Waals surface area contributed by atoms with Crippen LogP contribution in [0.1, 0.15) is 104 Å². The lowest BCUT2D eigenvalue weighted by molar-refractivity contribution is 0.239. The van der Waals surface area contributed by atoms with Crippen LogP contribution in [0.4, 0.5) is 0 Å². The highest BCUT2D eigenvalue weighted by Crippen LogP contribution is 2.15. The molecule has 0 aliphatic carbocycles. The summed E-state index contributed by atoms with van der Waals surface area (Å²) in [4.78, 5) is 0. The van der Waals surface area contributed by atoms with Gasteiger partial charge in [0.2, 0.25) is 0 Å². The van der Waals surface area contributed by atoms with Gasteiger partial charge in [-0.2, -0.15) is 0 Å². The normalized spacial score (nSPS) is 12.9. The first kappa shape index (κ1) is 20.5. The van der Waals surface area contributed by atoms with Crippen LogP contribution >= 0.6 is 0 Å². The van der Waals surface area contributed by atoms with Crippen molar-refractivity contribution in [3.05, 3.63) is 12.3 Å². The summed E-state index contributed by atoms with van der Waals surface area (Å²) in [7, 11) is 0. The molecule has 0 aliphatic heterocycles. The van der Waals surface area contributed by atoms with Gasteiger partial charge in [-0.25, -0.2) is 0 Å². The van der Waals surface area contributed by atoms with Crippen molar-refractivity contribution in [3.8, 4) is 0 Å². The first-order chi connectivity index (χ1) is 10.3. The van der Waals surface area contributed by atoms with E-state index in [1.165, 1.54) is 83.5 Å². The van der Waals surface area contributed by atoms with Crippen LogP contribution in [0.3, 0.4) is 0 Å². The molecule has 1 nitrogen and oxygen atoms in total. The van der Waals surface area contributed by atoms with E-state index in [2.05, 4.69) is 26.8 Å². The van der Waals surface area contributed by atoms with Crippen LogP contribution < -0.4 is 0 Å². The van der Waals surface area contributed by atoms with E-state index in [-0.39, 0.29) is 0 Å².